The van der Waals surface area contributed by atoms with Gasteiger partial charge in [0.05, 0.1) is 0 Å². The summed E-state index contributed by atoms with van der Waals surface area (Å²) in [5.41, 5.74) is 2.60. The summed E-state index contributed by atoms with van der Waals surface area (Å²) in [5, 5.41) is 0. The zero-order valence-electron chi connectivity index (χ0n) is 8.33. The van der Waals surface area contributed by atoms with E-state index in [2.05, 4.69) is 38.7 Å². The molecule has 0 aliphatic heterocycles. The summed E-state index contributed by atoms with van der Waals surface area (Å²) < 4.78 is 0. The van der Waals surface area contributed by atoms with Gasteiger partial charge in [0.15, 0.2) is 0 Å². The number of rotatable bonds is 2. The molecule has 1 atom stereocenters. The van der Waals surface area contributed by atoms with Crippen molar-refractivity contribution in [1.82, 2.24) is 4.98 Å². The fourth-order valence-electron chi connectivity index (χ4n) is 1.21. The third-order valence-corrected chi connectivity index (χ3v) is 2.42. The Bertz CT molecular complexity index is 253. The normalized spacial score (nSPS) is 13.4. The van der Waals surface area contributed by atoms with E-state index in [4.69, 9.17) is 0 Å². The highest BCUT2D eigenvalue weighted by Crippen LogP contribution is 2.22. The van der Waals surface area contributed by atoms with Crippen LogP contribution in [0.3, 0.4) is 0 Å². The van der Waals surface area contributed by atoms with Crippen LogP contribution in [-0.2, 0) is 0 Å². The maximum atomic E-state index is 4.19. The molecule has 0 fully saturated rings. The van der Waals surface area contributed by atoms with E-state index in [0.717, 1.165) is 0 Å². The lowest BCUT2D eigenvalue weighted by Gasteiger charge is -2.15. The Morgan fingerprint density at radius 2 is 1.83 bits per heavy atom. The number of pyridine rings is 1. The van der Waals surface area contributed by atoms with Crippen molar-refractivity contribution in [2.45, 2.75) is 33.6 Å². The van der Waals surface area contributed by atoms with Crippen LogP contribution >= 0.6 is 0 Å². The van der Waals surface area contributed by atoms with Gasteiger partial charge in [0, 0.05) is 12.4 Å². The van der Waals surface area contributed by atoms with Crippen LogP contribution in [0.4, 0.5) is 0 Å². The summed E-state index contributed by atoms with van der Waals surface area (Å²) in [4.78, 5) is 4.19. The molecule has 1 aromatic heterocycles. The summed E-state index contributed by atoms with van der Waals surface area (Å²) in [7, 11) is 0. The first-order valence-electron chi connectivity index (χ1n) is 4.53. The van der Waals surface area contributed by atoms with Crippen LogP contribution < -0.4 is 0 Å². The molecule has 0 saturated heterocycles. The van der Waals surface area contributed by atoms with Gasteiger partial charge in [0.1, 0.15) is 0 Å². The Morgan fingerprint density at radius 1 is 1.17 bits per heavy atom. The van der Waals surface area contributed by atoms with Crippen molar-refractivity contribution in [2.24, 2.45) is 5.92 Å². The van der Waals surface area contributed by atoms with Gasteiger partial charge in [0.2, 0.25) is 0 Å². The molecule has 1 unspecified atom stereocenters. The largest absolute Gasteiger partial charge is 0.264 e. The molecule has 1 heteroatoms. The quantitative estimate of drug-likeness (QED) is 0.652. The highest BCUT2D eigenvalue weighted by Gasteiger charge is 2.09. The van der Waals surface area contributed by atoms with E-state index in [1.807, 2.05) is 12.4 Å². The van der Waals surface area contributed by atoms with Gasteiger partial charge in [-0.15, -0.1) is 0 Å². The summed E-state index contributed by atoms with van der Waals surface area (Å²) in [6, 6.07) is 2.22. The van der Waals surface area contributed by atoms with E-state index in [1.165, 1.54) is 11.1 Å². The maximum Gasteiger partial charge on any atom is 0.0302 e. The average Bonchev–Trinajstić information content (AvgIpc) is 2.03. The molecule has 0 aromatic carbocycles. The third kappa shape index (κ3) is 2.07. The van der Waals surface area contributed by atoms with Gasteiger partial charge in [0.25, 0.3) is 0 Å². The van der Waals surface area contributed by atoms with Crippen molar-refractivity contribution in [3.63, 3.8) is 0 Å². The number of nitrogens with zero attached hydrogens (tertiary/aromatic N) is 1. The van der Waals surface area contributed by atoms with Crippen LogP contribution in [0.5, 0.6) is 0 Å². The van der Waals surface area contributed by atoms with E-state index >= 15 is 0 Å². The van der Waals surface area contributed by atoms with Crippen molar-refractivity contribution in [3.05, 3.63) is 29.6 Å². The minimum absolute atomic E-state index is 0.609. The summed E-state index contributed by atoms with van der Waals surface area (Å²) in [5.74, 6) is 1.30. The van der Waals surface area contributed by atoms with E-state index in [1.54, 1.807) is 0 Å². The molecule has 0 aliphatic carbocycles. The van der Waals surface area contributed by atoms with E-state index in [9.17, 15) is 0 Å². The van der Waals surface area contributed by atoms with Crippen LogP contribution in [-0.4, -0.2) is 4.98 Å². The second-order valence-corrected chi connectivity index (χ2v) is 3.83. The summed E-state index contributed by atoms with van der Waals surface area (Å²) in [6.07, 6.45) is 3.87. The Kier molecular flexibility index (Phi) is 2.85. The Hall–Kier alpha value is -0.850. The van der Waals surface area contributed by atoms with Crippen LogP contribution in [0.2, 0.25) is 0 Å². The fourth-order valence-corrected chi connectivity index (χ4v) is 1.21. The first-order valence-corrected chi connectivity index (χ1v) is 4.53. The first-order chi connectivity index (χ1) is 5.61. The van der Waals surface area contributed by atoms with Crippen molar-refractivity contribution < 1.29 is 0 Å². The zero-order chi connectivity index (χ0) is 9.14. The molecule has 0 saturated carbocycles. The predicted octanol–water partition coefficient (Wildman–Crippen LogP) is 3.15. The van der Waals surface area contributed by atoms with Crippen LogP contribution in [0.15, 0.2) is 18.5 Å². The van der Waals surface area contributed by atoms with Crippen LogP contribution in [0, 0.1) is 12.8 Å². The van der Waals surface area contributed by atoms with Crippen molar-refractivity contribution in [2.75, 3.05) is 0 Å². The molecule has 12 heavy (non-hydrogen) atoms. The van der Waals surface area contributed by atoms with Gasteiger partial charge >= 0.3 is 0 Å². The summed E-state index contributed by atoms with van der Waals surface area (Å²) in [6.45, 7) is 8.82. The monoisotopic (exact) mass is 163 g/mol. The first kappa shape index (κ1) is 9.24. The molecular weight excluding hydrogens is 146 g/mol. The maximum absolute atomic E-state index is 4.19. The number of hydrogen-bond donors (Lipinski definition) is 0. The topological polar surface area (TPSA) is 12.9 Å². The van der Waals surface area contributed by atoms with Crippen molar-refractivity contribution in [1.29, 1.82) is 0 Å². The standard InChI is InChI=1S/C11H17N/c1-8(2)10(4)11-5-9(3)6-12-7-11/h5-8,10H,1-4H3. The molecule has 0 N–H and O–H groups in total. The minimum atomic E-state index is 0.609. The van der Waals surface area contributed by atoms with Gasteiger partial charge in [-0.05, 0) is 29.9 Å². The van der Waals surface area contributed by atoms with Gasteiger partial charge < -0.3 is 0 Å². The second kappa shape index (κ2) is 3.70. The average molecular weight is 163 g/mol. The lowest BCUT2D eigenvalue weighted by molar-refractivity contribution is 0.533. The van der Waals surface area contributed by atoms with Gasteiger partial charge in [-0.25, -0.2) is 0 Å². The molecule has 1 aromatic rings. The molecule has 1 nitrogen and oxygen atoms in total. The van der Waals surface area contributed by atoms with Crippen LogP contribution in [0.1, 0.15) is 37.8 Å². The van der Waals surface area contributed by atoms with Gasteiger partial charge in [-0.2, -0.15) is 0 Å². The predicted molar refractivity (Wildman–Crippen MR) is 52.2 cm³/mol. The highest BCUT2D eigenvalue weighted by molar-refractivity contribution is 5.20. The molecule has 0 amide bonds. The molecule has 66 valence electrons. The molecule has 0 aliphatic rings. The number of aryl methyl sites for hydroxylation is 1. The highest BCUT2D eigenvalue weighted by atomic mass is 14.6. The second-order valence-electron chi connectivity index (χ2n) is 3.83. The number of aromatic nitrogens is 1. The zero-order valence-corrected chi connectivity index (χ0v) is 8.33. The molecule has 0 bridgehead atoms. The Morgan fingerprint density at radius 3 is 2.33 bits per heavy atom. The summed E-state index contributed by atoms with van der Waals surface area (Å²) >= 11 is 0. The van der Waals surface area contributed by atoms with E-state index < -0.39 is 0 Å². The Balaban J connectivity index is 2.88. The number of hydrogen-bond acceptors (Lipinski definition) is 1. The van der Waals surface area contributed by atoms with Crippen LogP contribution in [0.25, 0.3) is 0 Å². The lowest BCUT2D eigenvalue weighted by Crippen LogP contribution is -2.02. The molecular formula is C11H17N. The van der Waals surface area contributed by atoms with E-state index in [-0.39, 0.29) is 0 Å². The van der Waals surface area contributed by atoms with Crippen molar-refractivity contribution in [3.8, 4) is 0 Å². The smallest absolute Gasteiger partial charge is 0.0302 e. The molecule has 0 radical (unpaired) electrons. The van der Waals surface area contributed by atoms with E-state index in [0.29, 0.717) is 11.8 Å². The minimum Gasteiger partial charge on any atom is -0.264 e. The van der Waals surface area contributed by atoms with Gasteiger partial charge in [-0.3, -0.25) is 4.98 Å². The third-order valence-electron chi connectivity index (χ3n) is 2.42. The lowest BCUT2D eigenvalue weighted by atomic mass is 9.91. The van der Waals surface area contributed by atoms with Gasteiger partial charge in [-0.1, -0.05) is 26.8 Å². The molecule has 1 heterocycles. The Labute approximate surface area is 74.8 Å². The molecule has 1 rings (SSSR count). The fraction of sp³-hybridized carbons (Fsp3) is 0.545. The molecule has 0 spiro atoms. The SMILES string of the molecule is Cc1cncc(C(C)C(C)C)c1. The van der Waals surface area contributed by atoms with Crippen molar-refractivity contribution >= 4 is 0 Å².